The van der Waals surface area contributed by atoms with Crippen molar-refractivity contribution in [2.75, 3.05) is 6.54 Å². The van der Waals surface area contributed by atoms with E-state index in [1.54, 1.807) is 24.3 Å². The number of nitriles is 1. The van der Waals surface area contributed by atoms with E-state index in [1.165, 1.54) is 11.3 Å². The summed E-state index contributed by atoms with van der Waals surface area (Å²) >= 11 is 1.25. The summed E-state index contributed by atoms with van der Waals surface area (Å²) in [5.74, 6) is -2.11. The number of nitrogens with two attached hydrogens (primary N) is 1. The first-order valence-electron chi connectivity index (χ1n) is 7.95. The number of amides is 2. The number of nitrogens with zero attached hydrogens (tertiary/aromatic N) is 2. The zero-order valence-corrected chi connectivity index (χ0v) is 14.8. The van der Waals surface area contributed by atoms with E-state index in [9.17, 15) is 19.6 Å². The molecule has 7 nitrogen and oxygen atoms in total. The normalized spacial score (nSPS) is 11.5. The third-order valence-corrected chi connectivity index (χ3v) is 4.99. The van der Waals surface area contributed by atoms with Gasteiger partial charge in [-0.1, -0.05) is 18.2 Å². The summed E-state index contributed by atoms with van der Waals surface area (Å²) in [7, 11) is 0. The number of carbonyl (C=O) groups is 3. The van der Waals surface area contributed by atoms with Crippen LogP contribution < -0.4 is 11.1 Å². The summed E-state index contributed by atoms with van der Waals surface area (Å²) in [5, 5.41) is 12.1. The van der Waals surface area contributed by atoms with Gasteiger partial charge >= 0.3 is 0 Å². The lowest BCUT2D eigenvalue weighted by Gasteiger charge is -2.04. The quantitative estimate of drug-likeness (QED) is 0.634. The Labute approximate surface area is 158 Å². The minimum atomic E-state index is -1.07. The van der Waals surface area contributed by atoms with Crippen molar-refractivity contribution in [2.45, 2.75) is 5.92 Å². The monoisotopic (exact) mass is 378 g/mol. The molecule has 0 saturated heterocycles. The molecule has 0 aliphatic rings. The van der Waals surface area contributed by atoms with Crippen molar-refractivity contribution < 1.29 is 14.4 Å². The van der Waals surface area contributed by atoms with Gasteiger partial charge < -0.3 is 15.8 Å². The molecule has 27 heavy (non-hydrogen) atoms. The van der Waals surface area contributed by atoms with E-state index in [-0.39, 0.29) is 6.54 Å². The number of aldehydes is 1. The highest BCUT2D eigenvalue weighted by Gasteiger charge is 2.23. The van der Waals surface area contributed by atoms with Gasteiger partial charge in [-0.05, 0) is 35.4 Å². The molecular weight excluding hydrogens is 364 g/mol. The second-order valence-corrected chi connectivity index (χ2v) is 6.71. The summed E-state index contributed by atoms with van der Waals surface area (Å²) in [6.07, 6.45) is 0.556. The van der Waals surface area contributed by atoms with Gasteiger partial charge in [0.1, 0.15) is 11.3 Å². The van der Waals surface area contributed by atoms with E-state index < -0.39 is 17.7 Å². The second kappa shape index (κ2) is 7.76. The summed E-state index contributed by atoms with van der Waals surface area (Å²) in [6.45, 7) is -0.145. The van der Waals surface area contributed by atoms with E-state index in [0.717, 1.165) is 15.8 Å². The lowest BCUT2D eigenvalue weighted by atomic mass is 10.0. The van der Waals surface area contributed by atoms with Gasteiger partial charge in [0.05, 0.1) is 22.8 Å². The molecule has 0 bridgehead atoms. The Balaban J connectivity index is 1.92. The number of primary amides is 1. The Hall–Kier alpha value is -3.57. The van der Waals surface area contributed by atoms with Gasteiger partial charge in [0.2, 0.25) is 11.8 Å². The molecule has 0 saturated carbocycles. The zero-order valence-electron chi connectivity index (χ0n) is 14.0. The van der Waals surface area contributed by atoms with Gasteiger partial charge in [0.15, 0.2) is 5.92 Å². The number of aromatic nitrogens is 1. The van der Waals surface area contributed by atoms with Crippen molar-refractivity contribution in [1.82, 2.24) is 10.3 Å². The van der Waals surface area contributed by atoms with Crippen LogP contribution in [0.5, 0.6) is 0 Å². The molecule has 0 radical (unpaired) electrons. The Morgan fingerprint density at radius 2 is 1.93 bits per heavy atom. The fourth-order valence-corrected chi connectivity index (χ4v) is 3.59. The zero-order chi connectivity index (χ0) is 19.4. The van der Waals surface area contributed by atoms with Crippen molar-refractivity contribution >= 4 is 39.7 Å². The SMILES string of the molecule is N#CC(C(=O)NCC=O)c1nc2ccc(-c3ccc(C(N)=O)cc3)cc2s1. The Bertz CT molecular complexity index is 1070. The minimum Gasteiger partial charge on any atom is -0.366 e. The lowest BCUT2D eigenvalue weighted by molar-refractivity contribution is -0.122. The molecule has 1 unspecified atom stereocenters. The number of benzene rings is 2. The average molecular weight is 378 g/mol. The molecule has 8 heteroatoms. The number of hydrogen-bond acceptors (Lipinski definition) is 6. The number of hydrogen-bond donors (Lipinski definition) is 2. The number of nitrogens with one attached hydrogen (secondary N) is 1. The largest absolute Gasteiger partial charge is 0.366 e. The van der Waals surface area contributed by atoms with E-state index in [0.29, 0.717) is 22.4 Å². The van der Waals surface area contributed by atoms with E-state index in [1.807, 2.05) is 24.3 Å². The maximum atomic E-state index is 12.0. The van der Waals surface area contributed by atoms with Gasteiger partial charge in [0.25, 0.3) is 0 Å². The van der Waals surface area contributed by atoms with Crippen molar-refractivity contribution in [3.05, 3.63) is 53.0 Å². The molecule has 134 valence electrons. The molecule has 0 spiro atoms. The molecule has 3 aromatic rings. The summed E-state index contributed by atoms with van der Waals surface area (Å²) in [4.78, 5) is 38.0. The molecule has 0 aliphatic heterocycles. The van der Waals surface area contributed by atoms with Crippen LogP contribution in [0, 0.1) is 11.3 Å². The van der Waals surface area contributed by atoms with Crippen LogP contribution >= 0.6 is 11.3 Å². The number of carbonyl (C=O) groups excluding carboxylic acids is 3. The van der Waals surface area contributed by atoms with Crippen LogP contribution in [0.4, 0.5) is 0 Å². The van der Waals surface area contributed by atoms with Crippen LogP contribution in [0.25, 0.3) is 21.3 Å². The number of fused-ring (bicyclic) bond motifs is 1. The maximum absolute atomic E-state index is 12.0. The maximum Gasteiger partial charge on any atom is 0.248 e. The highest BCUT2D eigenvalue weighted by molar-refractivity contribution is 7.18. The summed E-state index contributed by atoms with van der Waals surface area (Å²) < 4.78 is 0.824. The third kappa shape index (κ3) is 3.83. The lowest BCUT2D eigenvalue weighted by Crippen LogP contribution is -2.30. The predicted octanol–water partition coefficient (Wildman–Crippen LogP) is 1.98. The first-order valence-corrected chi connectivity index (χ1v) is 8.77. The molecule has 1 aromatic heterocycles. The van der Waals surface area contributed by atoms with Crippen molar-refractivity contribution in [1.29, 1.82) is 5.26 Å². The topological polar surface area (TPSA) is 126 Å². The fraction of sp³-hybridized carbons (Fsp3) is 0.105. The molecule has 0 aliphatic carbocycles. The summed E-state index contributed by atoms with van der Waals surface area (Å²) in [6, 6.07) is 14.4. The predicted molar refractivity (Wildman–Crippen MR) is 101 cm³/mol. The average Bonchev–Trinajstić information content (AvgIpc) is 3.09. The van der Waals surface area contributed by atoms with E-state index in [2.05, 4.69) is 10.3 Å². The van der Waals surface area contributed by atoms with Gasteiger partial charge in [-0.3, -0.25) is 9.59 Å². The second-order valence-electron chi connectivity index (χ2n) is 5.65. The van der Waals surface area contributed by atoms with Crippen molar-refractivity contribution in [3.8, 4) is 17.2 Å². The van der Waals surface area contributed by atoms with Gasteiger partial charge in [-0.15, -0.1) is 11.3 Å². The molecule has 3 rings (SSSR count). The molecule has 2 aromatic carbocycles. The molecule has 2 amide bonds. The van der Waals surface area contributed by atoms with Gasteiger partial charge in [0, 0.05) is 5.56 Å². The van der Waals surface area contributed by atoms with Crippen LogP contribution in [0.15, 0.2) is 42.5 Å². The first kappa shape index (κ1) is 18.2. The van der Waals surface area contributed by atoms with E-state index in [4.69, 9.17) is 5.73 Å². The molecular formula is C19H14N4O3S. The first-order chi connectivity index (χ1) is 13.0. The smallest absolute Gasteiger partial charge is 0.248 e. The van der Waals surface area contributed by atoms with Crippen LogP contribution in [-0.4, -0.2) is 29.6 Å². The third-order valence-electron chi connectivity index (χ3n) is 3.91. The van der Waals surface area contributed by atoms with Gasteiger partial charge in [-0.2, -0.15) is 5.26 Å². The highest BCUT2D eigenvalue weighted by Crippen LogP contribution is 2.31. The highest BCUT2D eigenvalue weighted by atomic mass is 32.1. The molecule has 1 atom stereocenters. The number of rotatable bonds is 6. The number of thiazole rings is 1. The van der Waals surface area contributed by atoms with Crippen LogP contribution in [0.1, 0.15) is 21.3 Å². The standard InChI is InChI=1S/C19H14N4O3S/c20-10-14(18(26)22-7-8-24)19-23-15-6-5-13(9-16(15)27-19)11-1-3-12(4-2-11)17(21)25/h1-6,8-9,14H,7H2,(H2,21,25)(H,22,26). The van der Waals surface area contributed by atoms with Crippen LogP contribution in [0.2, 0.25) is 0 Å². The molecule has 1 heterocycles. The van der Waals surface area contributed by atoms with Crippen LogP contribution in [-0.2, 0) is 9.59 Å². The molecule has 3 N–H and O–H groups in total. The van der Waals surface area contributed by atoms with Crippen molar-refractivity contribution in [3.63, 3.8) is 0 Å². The Kier molecular flexibility index (Phi) is 5.24. The Morgan fingerprint density at radius 3 is 2.56 bits per heavy atom. The fourth-order valence-electron chi connectivity index (χ4n) is 2.54. The Morgan fingerprint density at radius 1 is 1.22 bits per heavy atom. The van der Waals surface area contributed by atoms with Crippen LogP contribution in [0.3, 0.4) is 0 Å². The molecule has 0 fully saturated rings. The van der Waals surface area contributed by atoms with E-state index >= 15 is 0 Å². The summed E-state index contributed by atoms with van der Waals surface area (Å²) in [5.41, 5.74) is 8.17. The van der Waals surface area contributed by atoms with Crippen molar-refractivity contribution in [2.24, 2.45) is 5.73 Å². The van der Waals surface area contributed by atoms with Gasteiger partial charge in [-0.25, -0.2) is 4.98 Å². The minimum absolute atomic E-state index is 0.145.